The first-order valence-corrected chi connectivity index (χ1v) is 5.58. The van der Waals surface area contributed by atoms with Gasteiger partial charge in [-0.15, -0.1) is 0 Å². The maximum Gasteiger partial charge on any atom is 0.229 e. The van der Waals surface area contributed by atoms with Gasteiger partial charge in [0.25, 0.3) is 0 Å². The first kappa shape index (κ1) is 10.6. The van der Waals surface area contributed by atoms with Crippen LogP contribution in [-0.4, -0.2) is 23.4 Å². The Labute approximate surface area is 83.4 Å². The maximum absolute atomic E-state index is 11.5. The second-order valence-corrected chi connectivity index (χ2v) is 4.64. The molecule has 0 bridgehead atoms. The van der Waals surface area contributed by atoms with Gasteiger partial charge in [-0.3, -0.25) is 9.79 Å². The second-order valence-electron chi connectivity index (χ2n) is 3.56. The molecule has 1 aliphatic rings. The van der Waals surface area contributed by atoms with Crippen molar-refractivity contribution in [2.24, 2.45) is 16.8 Å². The Morgan fingerprint density at radius 2 is 2.23 bits per heavy atom. The summed E-state index contributed by atoms with van der Waals surface area (Å²) in [7, 11) is 0. The first-order chi connectivity index (χ1) is 6.11. The van der Waals surface area contributed by atoms with E-state index in [4.69, 9.17) is 0 Å². The summed E-state index contributed by atoms with van der Waals surface area (Å²) in [5, 5.41) is 3.62. The highest BCUT2D eigenvalue weighted by molar-refractivity contribution is 8.14. The smallest absolute Gasteiger partial charge is 0.229 e. The van der Waals surface area contributed by atoms with Crippen molar-refractivity contribution in [3.8, 4) is 0 Å². The average Bonchev–Trinajstić information content (AvgIpc) is 2.55. The lowest BCUT2D eigenvalue weighted by atomic mass is 9.97. The molecule has 1 amide bonds. The molecule has 0 aromatic rings. The first-order valence-electron chi connectivity index (χ1n) is 4.59. The highest BCUT2D eigenvalue weighted by Gasteiger charge is 2.19. The molecule has 0 aromatic carbocycles. The zero-order chi connectivity index (χ0) is 9.84. The van der Waals surface area contributed by atoms with Crippen LogP contribution in [-0.2, 0) is 4.79 Å². The van der Waals surface area contributed by atoms with E-state index in [-0.39, 0.29) is 11.8 Å². The number of rotatable bonds is 2. The molecule has 0 radical (unpaired) electrons. The molecular formula is C9H16N2OS. The number of aliphatic imine (C=N–C) groups is 1. The van der Waals surface area contributed by atoms with Gasteiger partial charge in [-0.05, 0) is 5.92 Å². The lowest BCUT2D eigenvalue weighted by Crippen LogP contribution is -2.34. The maximum atomic E-state index is 11.5. The number of amides is 1. The minimum atomic E-state index is 0.0592. The molecule has 0 spiro atoms. The van der Waals surface area contributed by atoms with Crippen molar-refractivity contribution < 1.29 is 4.79 Å². The van der Waals surface area contributed by atoms with Gasteiger partial charge in [-0.1, -0.05) is 32.5 Å². The molecule has 0 aliphatic carbocycles. The normalized spacial score (nSPS) is 18.6. The third-order valence-corrected chi connectivity index (χ3v) is 3.12. The molecule has 1 heterocycles. The highest BCUT2D eigenvalue weighted by Crippen LogP contribution is 2.13. The van der Waals surface area contributed by atoms with Gasteiger partial charge in [-0.25, -0.2) is 0 Å². The second kappa shape index (κ2) is 4.65. The Hall–Kier alpha value is -0.510. The quantitative estimate of drug-likeness (QED) is 0.734. The standard InChI is InChI=1S/C9H16N2OS/c1-6(2)7(3)8(12)11-9-10-4-5-13-9/h6-7H,4-5H2,1-3H3,(H,10,11,12). The van der Waals surface area contributed by atoms with Crippen LogP contribution in [0.25, 0.3) is 0 Å². The van der Waals surface area contributed by atoms with Crippen LogP contribution in [0.2, 0.25) is 0 Å². The van der Waals surface area contributed by atoms with Crippen LogP contribution in [0.15, 0.2) is 4.99 Å². The SMILES string of the molecule is CC(C)C(C)C(=O)NC1=NCCS1. The fourth-order valence-electron chi connectivity index (χ4n) is 0.933. The average molecular weight is 200 g/mol. The van der Waals surface area contributed by atoms with Crippen LogP contribution in [0.5, 0.6) is 0 Å². The minimum Gasteiger partial charge on any atom is -0.305 e. The summed E-state index contributed by atoms with van der Waals surface area (Å²) in [6.07, 6.45) is 0. The van der Waals surface area contributed by atoms with Crippen LogP contribution in [0.3, 0.4) is 0 Å². The van der Waals surface area contributed by atoms with Gasteiger partial charge in [0.15, 0.2) is 5.17 Å². The van der Waals surface area contributed by atoms with Crippen molar-refractivity contribution in [3.05, 3.63) is 0 Å². The summed E-state index contributed by atoms with van der Waals surface area (Å²) in [5.41, 5.74) is 0. The lowest BCUT2D eigenvalue weighted by Gasteiger charge is -2.14. The van der Waals surface area contributed by atoms with E-state index in [0.717, 1.165) is 17.5 Å². The summed E-state index contributed by atoms with van der Waals surface area (Å²) in [6.45, 7) is 6.87. The molecule has 1 rings (SSSR count). The molecule has 0 saturated heterocycles. The van der Waals surface area contributed by atoms with E-state index in [2.05, 4.69) is 10.3 Å². The highest BCUT2D eigenvalue weighted by atomic mass is 32.2. The number of thioether (sulfide) groups is 1. The van der Waals surface area contributed by atoms with Crippen molar-refractivity contribution in [3.63, 3.8) is 0 Å². The molecule has 1 atom stereocenters. The van der Waals surface area contributed by atoms with Crippen molar-refractivity contribution in [1.29, 1.82) is 0 Å². The van der Waals surface area contributed by atoms with Crippen molar-refractivity contribution in [2.75, 3.05) is 12.3 Å². The number of nitrogens with zero attached hydrogens (tertiary/aromatic N) is 1. The van der Waals surface area contributed by atoms with E-state index in [1.807, 2.05) is 20.8 Å². The predicted octanol–water partition coefficient (Wildman–Crippen LogP) is 1.50. The molecule has 13 heavy (non-hydrogen) atoms. The van der Waals surface area contributed by atoms with E-state index >= 15 is 0 Å². The lowest BCUT2D eigenvalue weighted by molar-refractivity contribution is -0.124. The molecule has 3 nitrogen and oxygen atoms in total. The number of hydrogen-bond acceptors (Lipinski definition) is 3. The van der Waals surface area contributed by atoms with Crippen molar-refractivity contribution in [1.82, 2.24) is 5.32 Å². The molecule has 1 unspecified atom stereocenters. The third kappa shape index (κ3) is 3.03. The van der Waals surface area contributed by atoms with Gasteiger partial charge in [-0.2, -0.15) is 0 Å². The fourth-order valence-corrected chi connectivity index (χ4v) is 1.66. The zero-order valence-corrected chi connectivity index (χ0v) is 9.15. The Morgan fingerprint density at radius 1 is 1.54 bits per heavy atom. The van der Waals surface area contributed by atoms with E-state index in [1.54, 1.807) is 11.8 Å². The van der Waals surface area contributed by atoms with Gasteiger partial charge in [0, 0.05) is 11.7 Å². The molecule has 1 N–H and O–H groups in total. The molecule has 0 saturated carbocycles. The molecule has 1 aliphatic heterocycles. The molecule has 4 heteroatoms. The Morgan fingerprint density at radius 3 is 2.69 bits per heavy atom. The molecule has 74 valence electrons. The Kier molecular flexibility index (Phi) is 3.78. The number of carbonyl (C=O) groups excluding carboxylic acids is 1. The van der Waals surface area contributed by atoms with Crippen molar-refractivity contribution in [2.45, 2.75) is 20.8 Å². The summed E-state index contributed by atoms with van der Waals surface area (Å²) < 4.78 is 0. The topological polar surface area (TPSA) is 41.5 Å². The summed E-state index contributed by atoms with van der Waals surface area (Å²) in [5.74, 6) is 1.52. The summed E-state index contributed by atoms with van der Waals surface area (Å²) in [6, 6.07) is 0. The van der Waals surface area contributed by atoms with Gasteiger partial charge in [0.05, 0.1) is 6.54 Å². The Bertz CT molecular complexity index is 226. The van der Waals surface area contributed by atoms with E-state index in [0.29, 0.717) is 5.92 Å². The largest absolute Gasteiger partial charge is 0.305 e. The monoisotopic (exact) mass is 200 g/mol. The van der Waals surface area contributed by atoms with Gasteiger partial charge < -0.3 is 5.32 Å². The van der Waals surface area contributed by atoms with Crippen LogP contribution < -0.4 is 5.32 Å². The summed E-state index contributed by atoms with van der Waals surface area (Å²) >= 11 is 1.62. The van der Waals surface area contributed by atoms with Crippen LogP contribution in [0.4, 0.5) is 0 Å². The third-order valence-electron chi connectivity index (χ3n) is 2.23. The van der Waals surface area contributed by atoms with Crippen molar-refractivity contribution >= 4 is 22.8 Å². The fraction of sp³-hybridized carbons (Fsp3) is 0.778. The van der Waals surface area contributed by atoms with Gasteiger partial charge >= 0.3 is 0 Å². The zero-order valence-electron chi connectivity index (χ0n) is 8.33. The number of hydrogen-bond donors (Lipinski definition) is 1. The summed E-state index contributed by atoms with van der Waals surface area (Å²) in [4.78, 5) is 15.7. The number of carbonyl (C=O) groups is 1. The number of amidine groups is 1. The van der Waals surface area contributed by atoms with E-state index < -0.39 is 0 Å². The van der Waals surface area contributed by atoms with E-state index in [1.165, 1.54) is 0 Å². The van der Waals surface area contributed by atoms with Gasteiger partial charge in [0.2, 0.25) is 5.91 Å². The molecule has 0 fully saturated rings. The predicted molar refractivity (Wildman–Crippen MR) is 56.9 cm³/mol. The van der Waals surface area contributed by atoms with Gasteiger partial charge in [0.1, 0.15) is 0 Å². The van der Waals surface area contributed by atoms with E-state index in [9.17, 15) is 4.79 Å². The molecule has 0 aromatic heterocycles. The number of nitrogens with one attached hydrogen (secondary N) is 1. The minimum absolute atomic E-state index is 0.0592. The Balaban J connectivity index is 2.40. The van der Waals surface area contributed by atoms with Crippen LogP contribution in [0, 0.1) is 11.8 Å². The van der Waals surface area contributed by atoms with Crippen LogP contribution in [0.1, 0.15) is 20.8 Å². The van der Waals surface area contributed by atoms with Crippen LogP contribution >= 0.6 is 11.8 Å². The molecular weight excluding hydrogens is 184 g/mol.